The van der Waals surface area contributed by atoms with Crippen LogP contribution < -0.4 is 5.73 Å². The summed E-state index contributed by atoms with van der Waals surface area (Å²) < 4.78 is 0. The molecule has 80 valence electrons. The molecule has 0 bridgehead atoms. The van der Waals surface area contributed by atoms with E-state index in [1.54, 1.807) is 6.07 Å². The average molecular weight is 206 g/mol. The van der Waals surface area contributed by atoms with Gasteiger partial charge in [0.25, 0.3) is 0 Å². The Balaban J connectivity index is 2.40. The fraction of sp³-hybridized carbons (Fsp3) is 0.455. The van der Waals surface area contributed by atoms with E-state index in [9.17, 15) is 4.79 Å². The number of nitrogens with zero attached hydrogens (tertiary/aromatic N) is 1. The highest BCUT2D eigenvalue weighted by molar-refractivity contribution is 5.82. The molecule has 0 aromatic carbocycles. The van der Waals surface area contributed by atoms with Crippen molar-refractivity contribution in [3.8, 4) is 0 Å². The van der Waals surface area contributed by atoms with Crippen LogP contribution in [0.4, 0.5) is 0 Å². The standard InChI is InChI=1S/C11H14N2O2/c12-11(15)9-2-1-3-10-8(9)5-4-7(6-14)13-10/h4-5,9,14H,1-3,6H2,(H2,12,15). The first-order valence-electron chi connectivity index (χ1n) is 5.11. The van der Waals surface area contributed by atoms with E-state index in [0.717, 1.165) is 30.5 Å². The van der Waals surface area contributed by atoms with Crippen molar-refractivity contribution in [2.75, 3.05) is 0 Å². The van der Waals surface area contributed by atoms with Gasteiger partial charge in [0, 0.05) is 5.69 Å². The number of aliphatic hydroxyl groups is 1. The Hall–Kier alpha value is -1.42. The van der Waals surface area contributed by atoms with Gasteiger partial charge in [-0.1, -0.05) is 6.07 Å². The zero-order chi connectivity index (χ0) is 10.8. The molecule has 0 radical (unpaired) electrons. The summed E-state index contributed by atoms with van der Waals surface area (Å²) in [6.07, 6.45) is 2.61. The van der Waals surface area contributed by atoms with E-state index in [1.807, 2.05) is 6.07 Å². The predicted octanol–water partition coefficient (Wildman–Crippen LogP) is 0.479. The number of primary amides is 1. The maximum atomic E-state index is 11.2. The Morgan fingerprint density at radius 3 is 3.07 bits per heavy atom. The van der Waals surface area contributed by atoms with Crippen LogP contribution in [0.15, 0.2) is 12.1 Å². The normalized spacial score (nSPS) is 19.7. The molecule has 3 N–H and O–H groups in total. The Kier molecular flexibility index (Phi) is 2.68. The SMILES string of the molecule is NC(=O)C1CCCc2nc(CO)ccc21. The Morgan fingerprint density at radius 2 is 2.40 bits per heavy atom. The molecule has 0 aliphatic heterocycles. The smallest absolute Gasteiger partial charge is 0.225 e. The first-order valence-corrected chi connectivity index (χ1v) is 5.11. The molecule has 0 spiro atoms. The number of aromatic nitrogens is 1. The molecule has 1 aromatic rings. The monoisotopic (exact) mass is 206 g/mol. The van der Waals surface area contributed by atoms with Crippen LogP contribution in [-0.4, -0.2) is 16.0 Å². The van der Waals surface area contributed by atoms with Gasteiger partial charge in [0.2, 0.25) is 5.91 Å². The summed E-state index contributed by atoms with van der Waals surface area (Å²) in [4.78, 5) is 15.5. The minimum Gasteiger partial charge on any atom is -0.390 e. The van der Waals surface area contributed by atoms with Gasteiger partial charge in [0.05, 0.1) is 18.2 Å². The van der Waals surface area contributed by atoms with E-state index in [-0.39, 0.29) is 18.4 Å². The molecular formula is C11H14N2O2. The molecule has 0 saturated heterocycles. The van der Waals surface area contributed by atoms with Crippen molar-refractivity contribution in [1.82, 2.24) is 4.98 Å². The first kappa shape index (κ1) is 10.1. The fourth-order valence-corrected chi connectivity index (χ4v) is 2.09. The van der Waals surface area contributed by atoms with Crippen molar-refractivity contribution < 1.29 is 9.90 Å². The van der Waals surface area contributed by atoms with E-state index in [0.29, 0.717) is 5.69 Å². The number of amides is 1. The van der Waals surface area contributed by atoms with E-state index in [2.05, 4.69) is 4.98 Å². The van der Waals surface area contributed by atoms with Crippen molar-refractivity contribution in [3.05, 3.63) is 29.1 Å². The van der Waals surface area contributed by atoms with Gasteiger partial charge in [-0.15, -0.1) is 0 Å². The molecule has 1 atom stereocenters. The van der Waals surface area contributed by atoms with E-state index < -0.39 is 0 Å². The predicted molar refractivity (Wildman–Crippen MR) is 55.0 cm³/mol. The number of nitrogens with two attached hydrogens (primary N) is 1. The molecule has 2 rings (SSSR count). The van der Waals surface area contributed by atoms with Crippen LogP contribution in [0.5, 0.6) is 0 Å². The largest absolute Gasteiger partial charge is 0.390 e. The second-order valence-corrected chi connectivity index (χ2v) is 3.84. The van der Waals surface area contributed by atoms with Gasteiger partial charge >= 0.3 is 0 Å². The first-order chi connectivity index (χ1) is 7.22. The topological polar surface area (TPSA) is 76.2 Å². The van der Waals surface area contributed by atoms with Gasteiger partial charge in [-0.05, 0) is 30.9 Å². The number of pyridine rings is 1. The van der Waals surface area contributed by atoms with Crippen molar-refractivity contribution in [2.45, 2.75) is 31.8 Å². The third-order valence-corrected chi connectivity index (χ3v) is 2.85. The molecule has 1 aliphatic rings. The molecule has 1 aliphatic carbocycles. The quantitative estimate of drug-likeness (QED) is 0.738. The van der Waals surface area contributed by atoms with Gasteiger partial charge in [0.1, 0.15) is 0 Å². The Bertz CT molecular complexity index is 390. The molecule has 4 nitrogen and oxygen atoms in total. The fourth-order valence-electron chi connectivity index (χ4n) is 2.09. The molecule has 1 aromatic heterocycles. The van der Waals surface area contributed by atoms with Crippen molar-refractivity contribution in [2.24, 2.45) is 5.73 Å². The highest BCUT2D eigenvalue weighted by Gasteiger charge is 2.25. The average Bonchev–Trinajstić information content (AvgIpc) is 2.27. The molecule has 0 fully saturated rings. The second kappa shape index (κ2) is 3.98. The number of hydrogen-bond acceptors (Lipinski definition) is 3. The van der Waals surface area contributed by atoms with Crippen molar-refractivity contribution in [3.63, 3.8) is 0 Å². The third-order valence-electron chi connectivity index (χ3n) is 2.85. The Morgan fingerprint density at radius 1 is 1.60 bits per heavy atom. The molecule has 1 amide bonds. The number of aryl methyl sites for hydroxylation is 1. The van der Waals surface area contributed by atoms with Crippen molar-refractivity contribution >= 4 is 5.91 Å². The third kappa shape index (κ3) is 1.85. The molecular weight excluding hydrogens is 192 g/mol. The number of rotatable bonds is 2. The number of carbonyl (C=O) groups excluding carboxylic acids is 1. The van der Waals surface area contributed by atoms with Gasteiger partial charge in [-0.3, -0.25) is 9.78 Å². The summed E-state index contributed by atoms with van der Waals surface area (Å²) in [6.45, 7) is -0.0610. The van der Waals surface area contributed by atoms with Gasteiger partial charge in [-0.25, -0.2) is 0 Å². The van der Waals surface area contributed by atoms with Crippen LogP contribution in [-0.2, 0) is 17.8 Å². The zero-order valence-electron chi connectivity index (χ0n) is 8.44. The summed E-state index contributed by atoms with van der Waals surface area (Å²) in [5, 5.41) is 8.96. The van der Waals surface area contributed by atoms with Gasteiger partial charge < -0.3 is 10.8 Å². The number of carbonyl (C=O) groups is 1. The molecule has 4 heteroatoms. The maximum absolute atomic E-state index is 11.2. The molecule has 1 unspecified atom stereocenters. The highest BCUT2D eigenvalue weighted by atomic mass is 16.3. The minimum absolute atomic E-state index is 0.0610. The van der Waals surface area contributed by atoms with Crippen LogP contribution >= 0.6 is 0 Å². The second-order valence-electron chi connectivity index (χ2n) is 3.84. The summed E-state index contributed by atoms with van der Waals surface area (Å²) in [7, 11) is 0. The summed E-state index contributed by atoms with van der Waals surface area (Å²) >= 11 is 0. The molecule has 0 saturated carbocycles. The van der Waals surface area contributed by atoms with Gasteiger partial charge in [-0.2, -0.15) is 0 Å². The lowest BCUT2D eigenvalue weighted by Crippen LogP contribution is -2.25. The van der Waals surface area contributed by atoms with Crippen LogP contribution in [0, 0.1) is 0 Å². The van der Waals surface area contributed by atoms with Crippen molar-refractivity contribution in [1.29, 1.82) is 0 Å². The molecule has 1 heterocycles. The lowest BCUT2D eigenvalue weighted by Gasteiger charge is -2.22. The molecule has 15 heavy (non-hydrogen) atoms. The van der Waals surface area contributed by atoms with Crippen LogP contribution in [0.25, 0.3) is 0 Å². The number of fused-ring (bicyclic) bond motifs is 1. The Labute approximate surface area is 88.1 Å². The lowest BCUT2D eigenvalue weighted by atomic mass is 9.85. The van der Waals surface area contributed by atoms with E-state index >= 15 is 0 Å². The number of aliphatic hydroxyl groups excluding tert-OH is 1. The minimum atomic E-state index is -0.283. The van der Waals surface area contributed by atoms with Crippen LogP contribution in [0.1, 0.15) is 35.7 Å². The van der Waals surface area contributed by atoms with Gasteiger partial charge in [0.15, 0.2) is 0 Å². The maximum Gasteiger partial charge on any atom is 0.225 e. The summed E-state index contributed by atoms with van der Waals surface area (Å²) in [5.41, 5.74) is 7.84. The highest BCUT2D eigenvalue weighted by Crippen LogP contribution is 2.30. The zero-order valence-corrected chi connectivity index (χ0v) is 8.44. The lowest BCUT2D eigenvalue weighted by molar-refractivity contribution is -0.119. The summed E-state index contributed by atoms with van der Waals surface area (Å²) in [6, 6.07) is 3.61. The van der Waals surface area contributed by atoms with E-state index in [4.69, 9.17) is 10.8 Å². The van der Waals surface area contributed by atoms with Crippen LogP contribution in [0.3, 0.4) is 0 Å². The number of hydrogen-bond donors (Lipinski definition) is 2. The summed E-state index contributed by atoms with van der Waals surface area (Å²) in [5.74, 6) is -0.483. The van der Waals surface area contributed by atoms with Crippen LogP contribution in [0.2, 0.25) is 0 Å². The van der Waals surface area contributed by atoms with E-state index in [1.165, 1.54) is 0 Å².